The Morgan fingerprint density at radius 1 is 0.241 bits per heavy atom. The van der Waals surface area contributed by atoms with Crippen molar-refractivity contribution in [1.29, 1.82) is 0 Å². The molecule has 0 unspecified atom stereocenters. The van der Waals surface area contributed by atoms with Gasteiger partial charge in [-0.25, -0.2) is 0 Å². The van der Waals surface area contributed by atoms with Gasteiger partial charge in [0, 0.05) is 65.5 Å². The van der Waals surface area contributed by atoms with Crippen molar-refractivity contribution in [1.82, 2.24) is 0 Å². The summed E-state index contributed by atoms with van der Waals surface area (Å²) in [5.74, 6) is 0. The van der Waals surface area contributed by atoms with Gasteiger partial charge in [0.15, 0.2) is 11.2 Å². The average molecular weight is 1060 g/mol. The highest BCUT2D eigenvalue weighted by atomic mass is 16.3. The molecule has 18 rings (SSSR count). The molecule has 0 saturated heterocycles. The zero-order valence-corrected chi connectivity index (χ0v) is 44.6. The number of nitrogens with zero attached hydrogens (tertiary/aromatic N) is 2. The van der Waals surface area contributed by atoms with Crippen LogP contribution < -0.4 is 9.80 Å². The van der Waals surface area contributed by atoms with Crippen LogP contribution in [0.3, 0.4) is 0 Å². The van der Waals surface area contributed by atoms with Crippen LogP contribution in [0.5, 0.6) is 0 Å². The lowest BCUT2D eigenvalue weighted by Crippen LogP contribution is -2.29. The highest BCUT2D eigenvalue weighted by molar-refractivity contribution is 6.17. The summed E-state index contributed by atoms with van der Waals surface area (Å²) in [5.41, 5.74) is 18.6. The fraction of sp³-hybridized carbons (Fsp3) is 0.0130. The highest BCUT2D eigenvalue weighted by Gasteiger charge is 2.48. The minimum Gasteiger partial charge on any atom is -0.456 e. The molecule has 6 heteroatoms. The molecule has 4 heterocycles. The van der Waals surface area contributed by atoms with Crippen molar-refractivity contribution in [3.8, 4) is 11.1 Å². The lowest BCUT2D eigenvalue weighted by molar-refractivity contribution is 0.668. The number of rotatable bonds is 8. The van der Waals surface area contributed by atoms with Crippen LogP contribution in [-0.2, 0) is 5.41 Å². The molecule has 13 aromatic carbocycles. The normalized spacial score (nSPS) is 12.9. The van der Waals surface area contributed by atoms with E-state index in [1.807, 2.05) is 36.4 Å². The SMILES string of the molecule is c1ccc(C2(c3ccccc3)c3cc(N(c4ccc5oc6ccccc6c5c4)c4cccc5c4oc4ccccc45)ccc3-c3c2cc(N(c2ccc4oc5ccccc5c4c2)c2cccc4c2oc2ccccc24)c2ccccc32)cc1. The van der Waals surface area contributed by atoms with Crippen LogP contribution in [0, 0.1) is 0 Å². The molecular formula is C77H46N2O4. The Bertz CT molecular complexity index is 5450. The zero-order chi connectivity index (χ0) is 54.3. The number of furan rings is 4. The predicted octanol–water partition coefficient (Wildman–Crippen LogP) is 21.7. The Hall–Kier alpha value is -11.1. The van der Waals surface area contributed by atoms with Gasteiger partial charge in [-0.2, -0.15) is 0 Å². The van der Waals surface area contributed by atoms with E-state index in [0.29, 0.717) is 0 Å². The van der Waals surface area contributed by atoms with Crippen molar-refractivity contribution in [2.75, 3.05) is 9.80 Å². The summed E-state index contributed by atoms with van der Waals surface area (Å²) < 4.78 is 26.9. The van der Waals surface area contributed by atoms with Gasteiger partial charge in [0.25, 0.3) is 0 Å². The number of anilines is 6. The molecule has 4 aromatic heterocycles. The van der Waals surface area contributed by atoms with Gasteiger partial charge in [-0.15, -0.1) is 0 Å². The molecular weight excluding hydrogens is 1020 g/mol. The maximum atomic E-state index is 7.00. The molecule has 0 atom stereocenters. The van der Waals surface area contributed by atoms with Crippen molar-refractivity contribution in [2.45, 2.75) is 5.41 Å². The molecule has 0 spiro atoms. The number of hydrogen-bond acceptors (Lipinski definition) is 6. The first-order valence-corrected chi connectivity index (χ1v) is 28.2. The van der Waals surface area contributed by atoms with Crippen LogP contribution in [0.4, 0.5) is 34.1 Å². The molecule has 0 amide bonds. The standard InChI is InChI=1S/C77H46N2O4/c1-3-19-47(20-4-1)77(48-21-5-2-6-22-48)63-45-51(78(49-38-41-72-61(43-49)55-26-11-13-33-68(55)80-72)65-31-17-29-58-53-24-9-15-35-70(53)82-75(58)65)37-40-60(63)74-57-28-8-7-23-52(57)67(46-64(74)77)79(50-39-42-73-62(44-50)56-27-12-14-34-69(56)81-73)66-32-18-30-59-54-25-10-16-36-71(54)83-76(59)66/h1-46H. The fourth-order valence-corrected chi connectivity index (χ4v) is 14.0. The topological polar surface area (TPSA) is 59.0 Å². The molecule has 0 N–H and O–H groups in total. The Kier molecular flexibility index (Phi) is 9.62. The van der Waals surface area contributed by atoms with Crippen LogP contribution in [-0.4, -0.2) is 0 Å². The Labute approximate surface area is 475 Å². The van der Waals surface area contributed by atoms with Crippen LogP contribution in [0.15, 0.2) is 297 Å². The summed E-state index contributed by atoms with van der Waals surface area (Å²) in [5, 5.41) is 10.7. The summed E-state index contributed by atoms with van der Waals surface area (Å²) in [7, 11) is 0. The zero-order valence-electron chi connectivity index (χ0n) is 44.6. The maximum Gasteiger partial charge on any atom is 0.159 e. The van der Waals surface area contributed by atoms with Crippen molar-refractivity contribution >= 4 is 133 Å². The lowest BCUT2D eigenvalue weighted by atomic mass is 9.67. The molecule has 0 saturated carbocycles. The van der Waals surface area contributed by atoms with Crippen LogP contribution in [0.2, 0.25) is 0 Å². The van der Waals surface area contributed by atoms with Gasteiger partial charge in [-0.05, 0) is 130 Å². The molecule has 6 nitrogen and oxygen atoms in total. The van der Waals surface area contributed by atoms with Gasteiger partial charge in [0.2, 0.25) is 0 Å². The van der Waals surface area contributed by atoms with Crippen molar-refractivity contribution < 1.29 is 17.7 Å². The molecule has 1 aliphatic rings. The third-order valence-electron chi connectivity index (χ3n) is 17.5. The molecule has 17 aromatic rings. The number of fused-ring (bicyclic) bond motifs is 17. The van der Waals surface area contributed by atoms with E-state index in [9.17, 15) is 0 Å². The van der Waals surface area contributed by atoms with Gasteiger partial charge < -0.3 is 27.5 Å². The number of hydrogen-bond donors (Lipinski definition) is 0. The molecule has 0 radical (unpaired) electrons. The first-order chi connectivity index (χ1) is 41.2. The second kappa shape index (κ2) is 17.5. The van der Waals surface area contributed by atoms with Crippen molar-refractivity contribution in [3.63, 3.8) is 0 Å². The minimum atomic E-state index is -0.842. The fourth-order valence-electron chi connectivity index (χ4n) is 14.0. The molecule has 388 valence electrons. The first-order valence-electron chi connectivity index (χ1n) is 28.2. The van der Waals surface area contributed by atoms with E-state index in [-0.39, 0.29) is 0 Å². The van der Waals surface area contributed by atoms with E-state index in [1.54, 1.807) is 0 Å². The van der Waals surface area contributed by atoms with E-state index in [2.05, 4.69) is 252 Å². The van der Waals surface area contributed by atoms with Gasteiger partial charge in [0.1, 0.15) is 33.5 Å². The predicted molar refractivity (Wildman–Crippen MR) is 340 cm³/mol. The minimum absolute atomic E-state index is 0.807. The van der Waals surface area contributed by atoms with Gasteiger partial charge >= 0.3 is 0 Å². The molecule has 0 fully saturated rings. The summed E-state index contributed by atoms with van der Waals surface area (Å²) in [6.07, 6.45) is 0. The van der Waals surface area contributed by atoms with Crippen molar-refractivity contribution in [2.24, 2.45) is 0 Å². The average Bonchev–Trinajstić information content (AvgIpc) is 1.97. The smallest absolute Gasteiger partial charge is 0.159 e. The summed E-state index contributed by atoms with van der Waals surface area (Å²) >= 11 is 0. The third kappa shape index (κ3) is 6.54. The van der Waals surface area contributed by atoms with Crippen LogP contribution in [0.1, 0.15) is 22.3 Å². The molecule has 0 bridgehead atoms. The third-order valence-corrected chi connectivity index (χ3v) is 17.5. The maximum absolute atomic E-state index is 7.00. The summed E-state index contributed by atoms with van der Waals surface area (Å²) in [6, 6.07) is 100. The molecule has 1 aliphatic carbocycles. The van der Waals surface area contributed by atoms with E-state index in [4.69, 9.17) is 17.7 Å². The quantitative estimate of drug-likeness (QED) is 0.151. The van der Waals surface area contributed by atoms with Gasteiger partial charge in [-0.3, -0.25) is 0 Å². The monoisotopic (exact) mass is 1060 g/mol. The lowest BCUT2D eigenvalue weighted by Gasteiger charge is -2.36. The first kappa shape index (κ1) is 45.7. The Morgan fingerprint density at radius 2 is 0.639 bits per heavy atom. The molecule has 0 aliphatic heterocycles. The summed E-state index contributed by atoms with van der Waals surface area (Å²) in [4.78, 5) is 4.81. The van der Waals surface area contributed by atoms with Crippen molar-refractivity contribution in [3.05, 3.63) is 301 Å². The second-order valence-corrected chi connectivity index (χ2v) is 21.8. The van der Waals surface area contributed by atoms with E-state index < -0.39 is 5.41 Å². The molecule has 83 heavy (non-hydrogen) atoms. The van der Waals surface area contributed by atoms with E-state index in [0.717, 1.165) is 149 Å². The van der Waals surface area contributed by atoms with Gasteiger partial charge in [0.05, 0.1) is 22.5 Å². The highest BCUT2D eigenvalue weighted by Crippen LogP contribution is 2.61. The van der Waals surface area contributed by atoms with Crippen LogP contribution >= 0.6 is 0 Å². The Balaban J connectivity index is 0.947. The van der Waals surface area contributed by atoms with Crippen LogP contribution in [0.25, 0.3) is 110 Å². The number of benzene rings is 13. The largest absolute Gasteiger partial charge is 0.456 e. The second-order valence-electron chi connectivity index (χ2n) is 21.8. The Morgan fingerprint density at radius 3 is 1.18 bits per heavy atom. The summed E-state index contributed by atoms with van der Waals surface area (Å²) in [6.45, 7) is 0. The number of para-hydroxylation sites is 6. The van der Waals surface area contributed by atoms with E-state index in [1.165, 1.54) is 16.7 Å². The van der Waals surface area contributed by atoms with E-state index >= 15 is 0 Å². The van der Waals surface area contributed by atoms with Gasteiger partial charge in [-0.1, -0.05) is 188 Å².